The molecule has 0 unspecified atom stereocenters. The lowest BCUT2D eigenvalue weighted by molar-refractivity contribution is 0.0651. The molecule has 0 spiro atoms. The van der Waals surface area contributed by atoms with Crippen LogP contribution in [0.1, 0.15) is 28.2 Å². The standard InChI is InChI=1S/C16H18N4O3S/c1-12-9-18-14(10-17-12)11-19-24(22,23)15-5-2-4-13(8-15)16(21)20-6-3-7-20/h2,4-5,8-10,19H,3,6-7,11H2,1H3. The van der Waals surface area contributed by atoms with Gasteiger partial charge < -0.3 is 4.90 Å². The van der Waals surface area contributed by atoms with Gasteiger partial charge in [-0.3, -0.25) is 14.8 Å². The highest BCUT2D eigenvalue weighted by Crippen LogP contribution is 2.16. The van der Waals surface area contributed by atoms with Gasteiger partial charge in [0.1, 0.15) is 0 Å². The third-order valence-electron chi connectivity index (χ3n) is 3.81. The number of aryl methyl sites for hydroxylation is 1. The summed E-state index contributed by atoms with van der Waals surface area (Å²) >= 11 is 0. The summed E-state index contributed by atoms with van der Waals surface area (Å²) < 4.78 is 27.3. The summed E-state index contributed by atoms with van der Waals surface area (Å²) in [5.41, 5.74) is 1.67. The van der Waals surface area contributed by atoms with Crippen LogP contribution in [-0.4, -0.2) is 42.3 Å². The molecule has 1 aromatic carbocycles. The monoisotopic (exact) mass is 346 g/mol. The second-order valence-electron chi connectivity index (χ2n) is 5.65. The maximum atomic E-state index is 12.4. The number of rotatable bonds is 5. The first-order valence-corrected chi connectivity index (χ1v) is 9.10. The van der Waals surface area contributed by atoms with Crippen LogP contribution in [0.3, 0.4) is 0 Å². The number of hydrogen-bond donors (Lipinski definition) is 1. The molecule has 0 atom stereocenters. The van der Waals surface area contributed by atoms with Crippen LogP contribution in [0.2, 0.25) is 0 Å². The van der Waals surface area contributed by atoms with Crippen molar-refractivity contribution in [3.63, 3.8) is 0 Å². The van der Waals surface area contributed by atoms with E-state index < -0.39 is 10.0 Å². The van der Waals surface area contributed by atoms with Crippen molar-refractivity contribution < 1.29 is 13.2 Å². The normalized spacial score (nSPS) is 14.3. The van der Waals surface area contributed by atoms with Gasteiger partial charge in [0.25, 0.3) is 5.91 Å². The van der Waals surface area contributed by atoms with Crippen molar-refractivity contribution in [2.45, 2.75) is 24.8 Å². The van der Waals surface area contributed by atoms with Crippen LogP contribution in [0.5, 0.6) is 0 Å². The minimum Gasteiger partial charge on any atom is -0.339 e. The predicted octanol–water partition coefficient (Wildman–Crippen LogP) is 1.11. The Balaban J connectivity index is 1.74. The Morgan fingerprint density at radius 3 is 2.67 bits per heavy atom. The quantitative estimate of drug-likeness (QED) is 0.875. The number of amides is 1. The lowest BCUT2D eigenvalue weighted by Crippen LogP contribution is -2.42. The van der Waals surface area contributed by atoms with Crippen molar-refractivity contribution in [2.75, 3.05) is 13.1 Å². The maximum Gasteiger partial charge on any atom is 0.253 e. The molecule has 1 aromatic heterocycles. The number of sulfonamides is 1. The molecule has 0 saturated carbocycles. The summed E-state index contributed by atoms with van der Waals surface area (Å²) in [6.07, 6.45) is 4.10. The highest BCUT2D eigenvalue weighted by molar-refractivity contribution is 7.89. The second kappa shape index (κ2) is 6.66. The van der Waals surface area contributed by atoms with Crippen LogP contribution >= 0.6 is 0 Å². The van der Waals surface area contributed by atoms with Crippen molar-refractivity contribution in [2.24, 2.45) is 0 Å². The fourth-order valence-electron chi connectivity index (χ4n) is 2.26. The molecule has 2 heterocycles. The number of carbonyl (C=O) groups is 1. The van der Waals surface area contributed by atoms with Gasteiger partial charge in [0.2, 0.25) is 10.0 Å². The van der Waals surface area contributed by atoms with Crippen molar-refractivity contribution in [1.82, 2.24) is 19.6 Å². The van der Waals surface area contributed by atoms with Gasteiger partial charge in [-0.25, -0.2) is 13.1 Å². The molecule has 1 saturated heterocycles. The average Bonchev–Trinajstić information content (AvgIpc) is 2.53. The summed E-state index contributed by atoms with van der Waals surface area (Å²) in [7, 11) is -3.73. The Hall–Kier alpha value is -2.32. The molecule has 0 bridgehead atoms. The Morgan fingerprint density at radius 1 is 1.25 bits per heavy atom. The molecular formula is C16H18N4O3S. The molecule has 1 aliphatic rings. The van der Waals surface area contributed by atoms with Crippen molar-refractivity contribution in [1.29, 1.82) is 0 Å². The summed E-state index contributed by atoms with van der Waals surface area (Å²) in [4.78, 5) is 22.2. The van der Waals surface area contributed by atoms with Gasteiger partial charge >= 0.3 is 0 Å². The van der Waals surface area contributed by atoms with E-state index in [0.717, 1.165) is 25.2 Å². The molecule has 1 N–H and O–H groups in total. The predicted molar refractivity (Wildman–Crippen MR) is 87.8 cm³/mol. The van der Waals surface area contributed by atoms with Crippen molar-refractivity contribution in [3.05, 3.63) is 53.6 Å². The van der Waals surface area contributed by atoms with E-state index in [1.165, 1.54) is 18.3 Å². The highest BCUT2D eigenvalue weighted by Gasteiger charge is 2.23. The van der Waals surface area contributed by atoms with Gasteiger partial charge in [-0.05, 0) is 31.5 Å². The van der Waals surface area contributed by atoms with E-state index in [-0.39, 0.29) is 17.3 Å². The zero-order valence-electron chi connectivity index (χ0n) is 13.3. The number of aromatic nitrogens is 2. The van der Waals surface area contributed by atoms with Crippen molar-refractivity contribution >= 4 is 15.9 Å². The number of hydrogen-bond acceptors (Lipinski definition) is 5. The number of likely N-dealkylation sites (tertiary alicyclic amines) is 1. The first-order valence-electron chi connectivity index (χ1n) is 7.62. The van der Waals surface area contributed by atoms with E-state index in [0.29, 0.717) is 11.3 Å². The molecule has 0 aliphatic carbocycles. The second-order valence-corrected chi connectivity index (χ2v) is 7.41. The minimum atomic E-state index is -3.73. The van der Waals surface area contributed by atoms with Crippen LogP contribution in [0, 0.1) is 6.92 Å². The SMILES string of the molecule is Cc1cnc(CNS(=O)(=O)c2cccc(C(=O)N3CCC3)c2)cn1. The number of carbonyl (C=O) groups excluding carboxylic acids is 1. The van der Waals surface area contributed by atoms with Gasteiger partial charge in [0.15, 0.2) is 0 Å². The Labute approximate surface area is 140 Å². The van der Waals surface area contributed by atoms with E-state index in [9.17, 15) is 13.2 Å². The zero-order valence-corrected chi connectivity index (χ0v) is 14.1. The largest absolute Gasteiger partial charge is 0.339 e. The Morgan fingerprint density at radius 2 is 2.04 bits per heavy atom. The van der Waals surface area contributed by atoms with E-state index in [2.05, 4.69) is 14.7 Å². The van der Waals surface area contributed by atoms with E-state index in [1.807, 2.05) is 6.92 Å². The van der Waals surface area contributed by atoms with Gasteiger partial charge in [-0.15, -0.1) is 0 Å². The minimum absolute atomic E-state index is 0.0416. The summed E-state index contributed by atoms with van der Waals surface area (Å²) in [6.45, 7) is 3.29. The van der Waals surface area contributed by atoms with Gasteiger partial charge in [-0.2, -0.15) is 0 Å². The zero-order chi connectivity index (χ0) is 17.2. The maximum absolute atomic E-state index is 12.4. The van der Waals surface area contributed by atoms with Crippen LogP contribution in [0.25, 0.3) is 0 Å². The highest BCUT2D eigenvalue weighted by atomic mass is 32.2. The lowest BCUT2D eigenvalue weighted by Gasteiger charge is -2.31. The number of nitrogens with one attached hydrogen (secondary N) is 1. The van der Waals surface area contributed by atoms with Crippen LogP contribution < -0.4 is 4.72 Å². The first kappa shape index (κ1) is 16.5. The van der Waals surface area contributed by atoms with Crippen LogP contribution in [0.4, 0.5) is 0 Å². The molecule has 7 nitrogen and oxygen atoms in total. The van der Waals surface area contributed by atoms with E-state index >= 15 is 0 Å². The molecule has 1 amide bonds. The van der Waals surface area contributed by atoms with Crippen molar-refractivity contribution in [3.8, 4) is 0 Å². The fourth-order valence-corrected chi connectivity index (χ4v) is 3.31. The number of benzene rings is 1. The molecule has 2 aromatic rings. The van der Waals surface area contributed by atoms with Gasteiger partial charge in [-0.1, -0.05) is 6.07 Å². The fraction of sp³-hybridized carbons (Fsp3) is 0.312. The Kier molecular flexibility index (Phi) is 4.59. The molecule has 24 heavy (non-hydrogen) atoms. The first-order chi connectivity index (χ1) is 11.5. The third kappa shape index (κ3) is 3.60. The summed E-state index contributed by atoms with van der Waals surface area (Å²) in [5.74, 6) is -0.136. The topological polar surface area (TPSA) is 92.3 Å². The molecule has 1 aliphatic heterocycles. The Bertz CT molecular complexity index is 846. The average molecular weight is 346 g/mol. The summed E-state index contributed by atoms with van der Waals surface area (Å²) in [6, 6.07) is 6.08. The molecule has 8 heteroatoms. The number of nitrogens with zero attached hydrogens (tertiary/aromatic N) is 3. The molecule has 3 rings (SSSR count). The third-order valence-corrected chi connectivity index (χ3v) is 5.21. The van der Waals surface area contributed by atoms with Crippen LogP contribution in [0.15, 0.2) is 41.6 Å². The van der Waals surface area contributed by atoms with Gasteiger partial charge in [0.05, 0.1) is 29.0 Å². The smallest absolute Gasteiger partial charge is 0.253 e. The molecule has 1 fully saturated rings. The molecular weight excluding hydrogens is 328 g/mol. The van der Waals surface area contributed by atoms with Gasteiger partial charge in [0, 0.05) is 24.8 Å². The summed E-state index contributed by atoms with van der Waals surface area (Å²) in [5, 5.41) is 0. The van der Waals surface area contributed by atoms with Crippen LogP contribution in [-0.2, 0) is 16.6 Å². The van der Waals surface area contributed by atoms with E-state index in [4.69, 9.17) is 0 Å². The van der Waals surface area contributed by atoms with E-state index in [1.54, 1.807) is 23.2 Å². The molecule has 0 radical (unpaired) electrons. The molecule has 126 valence electrons. The lowest BCUT2D eigenvalue weighted by atomic mass is 10.1.